The number of rotatable bonds is 8. The Bertz CT molecular complexity index is 1110. The van der Waals surface area contributed by atoms with Crippen LogP contribution in [-0.2, 0) is 13.2 Å². The molecule has 7 heteroatoms. The average molecular weight is 464 g/mol. The van der Waals surface area contributed by atoms with Gasteiger partial charge in [-0.25, -0.2) is 0 Å². The van der Waals surface area contributed by atoms with Gasteiger partial charge in [-0.15, -0.1) is 0 Å². The summed E-state index contributed by atoms with van der Waals surface area (Å²) in [5, 5.41) is 7.09. The van der Waals surface area contributed by atoms with Crippen LogP contribution in [-0.4, -0.2) is 35.1 Å². The van der Waals surface area contributed by atoms with E-state index in [2.05, 4.69) is 29.2 Å². The van der Waals surface area contributed by atoms with Gasteiger partial charge in [-0.1, -0.05) is 44.0 Å². The predicted molar refractivity (Wildman–Crippen MR) is 128 cm³/mol. The van der Waals surface area contributed by atoms with E-state index < -0.39 is 0 Å². The van der Waals surface area contributed by atoms with Crippen molar-refractivity contribution in [3.63, 3.8) is 0 Å². The Balaban J connectivity index is 1.19. The molecule has 1 amide bonds. The number of ether oxygens (including phenoxy) is 1. The zero-order chi connectivity index (χ0) is 23.5. The lowest BCUT2D eigenvalue weighted by Crippen LogP contribution is -2.44. The molecule has 3 atom stereocenters. The van der Waals surface area contributed by atoms with Gasteiger partial charge in [0.2, 0.25) is 0 Å². The fourth-order valence-electron chi connectivity index (χ4n) is 5.36. The molecular formula is C27H33N3O4. The van der Waals surface area contributed by atoms with E-state index in [0.29, 0.717) is 35.5 Å². The summed E-state index contributed by atoms with van der Waals surface area (Å²) in [5.41, 5.74) is 1.85. The van der Waals surface area contributed by atoms with Gasteiger partial charge in [0, 0.05) is 19.1 Å². The number of nitrogens with one attached hydrogen (secondary N) is 1. The fourth-order valence-corrected chi connectivity index (χ4v) is 5.36. The number of carbonyl (C=O) groups excluding carboxylic acids is 1. The standard InChI is InChI=1S/C27H33N3O4/c1-18-8-5-11-23(19(18)2)30(16-20-9-6-15-32-20)14-7-13-28-27(31)25-22-17-33-24-12-4-3-10-21(24)26(22)34-29-25/h3-4,6,9-10,12,15,18-19,23H,5,7-8,11,13-14,16-17H2,1-2H3,(H,28,31)/t18-,19-,23+/m1/s1. The lowest BCUT2D eigenvalue weighted by Gasteiger charge is -2.41. The van der Waals surface area contributed by atoms with Crippen LogP contribution >= 0.6 is 0 Å². The highest BCUT2D eigenvalue weighted by Crippen LogP contribution is 2.38. The van der Waals surface area contributed by atoms with E-state index in [1.165, 1.54) is 19.3 Å². The minimum atomic E-state index is -0.217. The van der Waals surface area contributed by atoms with Gasteiger partial charge < -0.3 is 19.0 Å². The number of furan rings is 1. The van der Waals surface area contributed by atoms with Crippen molar-refractivity contribution in [1.82, 2.24) is 15.4 Å². The molecule has 34 heavy (non-hydrogen) atoms. The van der Waals surface area contributed by atoms with Crippen molar-refractivity contribution >= 4 is 5.91 Å². The molecule has 0 spiro atoms. The van der Waals surface area contributed by atoms with E-state index in [-0.39, 0.29) is 12.5 Å². The Morgan fingerprint density at radius 2 is 2.06 bits per heavy atom. The molecule has 1 fully saturated rings. The van der Waals surface area contributed by atoms with E-state index >= 15 is 0 Å². The van der Waals surface area contributed by atoms with Gasteiger partial charge in [-0.2, -0.15) is 0 Å². The van der Waals surface area contributed by atoms with Crippen molar-refractivity contribution in [1.29, 1.82) is 0 Å². The molecule has 1 N–H and O–H groups in total. The SMILES string of the molecule is C[C@@H]1[C@H](C)CCC[C@@H]1N(CCCNC(=O)c1noc2c1COc1ccccc1-2)Cc1ccco1. The largest absolute Gasteiger partial charge is 0.488 e. The van der Waals surface area contributed by atoms with Crippen molar-refractivity contribution in [3.8, 4) is 17.1 Å². The van der Waals surface area contributed by atoms with Crippen LogP contribution in [0.25, 0.3) is 11.3 Å². The van der Waals surface area contributed by atoms with Crippen LogP contribution in [0.15, 0.2) is 51.6 Å². The number of hydrogen-bond acceptors (Lipinski definition) is 6. The maximum absolute atomic E-state index is 12.9. The molecule has 1 aliphatic carbocycles. The van der Waals surface area contributed by atoms with Crippen LogP contribution in [0.5, 0.6) is 5.75 Å². The summed E-state index contributed by atoms with van der Waals surface area (Å²) in [7, 11) is 0. The van der Waals surface area contributed by atoms with Crippen molar-refractivity contribution in [2.45, 2.75) is 58.7 Å². The number of nitrogens with zero attached hydrogens (tertiary/aromatic N) is 2. The third-order valence-electron chi connectivity index (χ3n) is 7.49. The Morgan fingerprint density at radius 1 is 1.18 bits per heavy atom. The number of para-hydroxylation sites is 1. The number of amides is 1. The molecule has 1 saturated carbocycles. The smallest absolute Gasteiger partial charge is 0.273 e. The third-order valence-corrected chi connectivity index (χ3v) is 7.49. The summed E-state index contributed by atoms with van der Waals surface area (Å²) >= 11 is 0. The molecule has 0 bridgehead atoms. The second-order valence-corrected chi connectivity index (χ2v) is 9.62. The van der Waals surface area contributed by atoms with E-state index in [1.54, 1.807) is 6.26 Å². The first kappa shape index (κ1) is 22.7. The van der Waals surface area contributed by atoms with E-state index in [1.807, 2.05) is 36.4 Å². The van der Waals surface area contributed by atoms with Gasteiger partial charge in [0.05, 0.1) is 23.9 Å². The van der Waals surface area contributed by atoms with E-state index in [9.17, 15) is 4.79 Å². The number of fused-ring (bicyclic) bond motifs is 3. The second kappa shape index (κ2) is 10.1. The normalized spacial score (nSPS) is 21.6. The summed E-state index contributed by atoms with van der Waals surface area (Å²) < 4.78 is 17.0. The lowest BCUT2D eigenvalue weighted by molar-refractivity contribution is 0.0680. The zero-order valence-electron chi connectivity index (χ0n) is 20.0. The Kier molecular flexibility index (Phi) is 6.72. The highest BCUT2D eigenvalue weighted by molar-refractivity contribution is 5.95. The summed E-state index contributed by atoms with van der Waals surface area (Å²) in [6.07, 6.45) is 6.37. The summed E-state index contributed by atoms with van der Waals surface area (Å²) in [6, 6.07) is 12.2. The Labute approximate surface area is 200 Å². The average Bonchev–Trinajstić information content (AvgIpc) is 3.53. The molecule has 7 nitrogen and oxygen atoms in total. The highest BCUT2D eigenvalue weighted by Gasteiger charge is 2.32. The van der Waals surface area contributed by atoms with Crippen LogP contribution in [0, 0.1) is 11.8 Å². The van der Waals surface area contributed by atoms with Crippen LogP contribution in [0.2, 0.25) is 0 Å². The monoisotopic (exact) mass is 463 g/mol. The van der Waals surface area contributed by atoms with E-state index in [4.69, 9.17) is 13.7 Å². The summed E-state index contributed by atoms with van der Waals surface area (Å²) in [5.74, 6) is 3.51. The maximum Gasteiger partial charge on any atom is 0.273 e. The Hall–Kier alpha value is -3.06. The number of benzene rings is 1. The molecule has 0 radical (unpaired) electrons. The molecule has 2 aromatic heterocycles. The molecule has 0 saturated heterocycles. The van der Waals surface area contributed by atoms with Crippen molar-refractivity contribution in [2.24, 2.45) is 11.8 Å². The van der Waals surface area contributed by atoms with Gasteiger partial charge in [0.15, 0.2) is 11.5 Å². The molecule has 5 rings (SSSR count). The molecule has 3 aromatic rings. The number of hydrogen-bond donors (Lipinski definition) is 1. The van der Waals surface area contributed by atoms with Crippen molar-refractivity contribution < 1.29 is 18.5 Å². The topological polar surface area (TPSA) is 80.7 Å². The highest BCUT2D eigenvalue weighted by atomic mass is 16.5. The second-order valence-electron chi connectivity index (χ2n) is 9.62. The number of aromatic nitrogens is 1. The first-order valence-corrected chi connectivity index (χ1v) is 12.4. The van der Waals surface area contributed by atoms with Gasteiger partial charge in [0.25, 0.3) is 5.91 Å². The van der Waals surface area contributed by atoms with E-state index in [0.717, 1.165) is 42.5 Å². The Morgan fingerprint density at radius 3 is 2.91 bits per heavy atom. The fraction of sp³-hybridized carbons (Fsp3) is 0.481. The predicted octanol–water partition coefficient (Wildman–Crippen LogP) is 5.27. The quantitative estimate of drug-likeness (QED) is 0.458. The van der Waals surface area contributed by atoms with Gasteiger partial charge in [-0.05, 0) is 48.9 Å². The zero-order valence-corrected chi connectivity index (χ0v) is 20.0. The molecule has 0 unspecified atom stereocenters. The molecule has 3 heterocycles. The molecule has 2 aliphatic rings. The van der Waals surface area contributed by atoms with Gasteiger partial charge >= 0.3 is 0 Å². The maximum atomic E-state index is 12.9. The van der Waals surface area contributed by atoms with Crippen molar-refractivity contribution in [2.75, 3.05) is 13.1 Å². The van der Waals surface area contributed by atoms with Gasteiger partial charge in [-0.3, -0.25) is 9.69 Å². The minimum absolute atomic E-state index is 0.217. The third kappa shape index (κ3) is 4.62. The molecule has 1 aromatic carbocycles. The summed E-state index contributed by atoms with van der Waals surface area (Å²) in [6.45, 7) is 7.30. The van der Waals surface area contributed by atoms with Gasteiger partial charge in [0.1, 0.15) is 18.1 Å². The lowest BCUT2D eigenvalue weighted by atomic mass is 9.77. The summed E-state index contributed by atoms with van der Waals surface area (Å²) in [4.78, 5) is 15.4. The minimum Gasteiger partial charge on any atom is -0.488 e. The van der Waals surface area contributed by atoms with Crippen LogP contribution in [0.1, 0.15) is 61.3 Å². The molecule has 180 valence electrons. The van der Waals surface area contributed by atoms with Crippen molar-refractivity contribution in [3.05, 3.63) is 59.7 Å². The molecule has 1 aliphatic heterocycles. The van der Waals surface area contributed by atoms with Crippen LogP contribution in [0.3, 0.4) is 0 Å². The first-order valence-electron chi connectivity index (χ1n) is 12.4. The van der Waals surface area contributed by atoms with Crippen LogP contribution < -0.4 is 10.1 Å². The number of carbonyl (C=O) groups is 1. The molecular weight excluding hydrogens is 430 g/mol. The first-order chi connectivity index (χ1) is 16.6. The van der Waals surface area contributed by atoms with Crippen LogP contribution in [0.4, 0.5) is 0 Å².